The lowest BCUT2D eigenvalue weighted by atomic mass is 10.1. The van der Waals surface area contributed by atoms with Crippen LogP contribution in [0.1, 0.15) is 11.6 Å². The van der Waals surface area contributed by atoms with Gasteiger partial charge in [0, 0.05) is 26.7 Å². The lowest BCUT2D eigenvalue weighted by molar-refractivity contribution is 0.0226. The normalized spacial score (nSPS) is 24.4. The van der Waals surface area contributed by atoms with Gasteiger partial charge in [0.25, 0.3) is 0 Å². The van der Waals surface area contributed by atoms with E-state index in [2.05, 4.69) is 52.1 Å². The van der Waals surface area contributed by atoms with Gasteiger partial charge in [-0.25, -0.2) is 0 Å². The Morgan fingerprint density at radius 3 is 2.60 bits per heavy atom. The zero-order valence-corrected chi connectivity index (χ0v) is 12.7. The van der Waals surface area contributed by atoms with Gasteiger partial charge in [-0.15, -0.1) is 0 Å². The average Bonchev–Trinajstić information content (AvgIpc) is 2.78. The van der Waals surface area contributed by atoms with E-state index in [0.29, 0.717) is 6.04 Å². The molecular weight excluding hydrogens is 270 g/mol. The highest BCUT2D eigenvalue weighted by Crippen LogP contribution is 2.28. The molecule has 0 amide bonds. The monoisotopic (exact) mass is 291 g/mol. The SMILES string of the molecule is CN1C(=S)N(CN2CCOCC2)CC1c1ccccc1. The molecule has 0 N–H and O–H groups in total. The molecule has 0 aromatic heterocycles. The van der Waals surface area contributed by atoms with E-state index in [1.54, 1.807) is 0 Å². The van der Waals surface area contributed by atoms with Crippen LogP contribution < -0.4 is 0 Å². The largest absolute Gasteiger partial charge is 0.379 e. The minimum absolute atomic E-state index is 0.366. The van der Waals surface area contributed by atoms with E-state index in [1.165, 1.54) is 5.56 Å². The van der Waals surface area contributed by atoms with Crippen LogP contribution in [0.25, 0.3) is 0 Å². The molecule has 5 heteroatoms. The minimum Gasteiger partial charge on any atom is -0.379 e. The molecule has 2 heterocycles. The van der Waals surface area contributed by atoms with Crippen LogP contribution in [0, 0.1) is 0 Å². The molecule has 0 bridgehead atoms. The van der Waals surface area contributed by atoms with Crippen LogP contribution in [0.5, 0.6) is 0 Å². The number of ether oxygens (including phenoxy) is 1. The van der Waals surface area contributed by atoms with E-state index >= 15 is 0 Å². The summed E-state index contributed by atoms with van der Waals surface area (Å²) < 4.78 is 5.40. The number of thiocarbonyl (C=S) groups is 1. The first kappa shape index (κ1) is 13.8. The zero-order valence-electron chi connectivity index (χ0n) is 11.9. The summed E-state index contributed by atoms with van der Waals surface area (Å²) in [7, 11) is 2.10. The summed E-state index contributed by atoms with van der Waals surface area (Å²) in [6, 6.07) is 11.0. The maximum atomic E-state index is 5.60. The first-order valence-electron chi connectivity index (χ1n) is 7.12. The van der Waals surface area contributed by atoms with Crippen LogP contribution in [0.15, 0.2) is 30.3 Å². The second-order valence-electron chi connectivity index (χ2n) is 5.41. The van der Waals surface area contributed by atoms with E-state index in [0.717, 1.165) is 44.6 Å². The van der Waals surface area contributed by atoms with Crippen LogP contribution in [0.2, 0.25) is 0 Å². The fourth-order valence-corrected chi connectivity index (χ4v) is 3.13. The number of nitrogens with zero attached hydrogens (tertiary/aromatic N) is 3. The lowest BCUT2D eigenvalue weighted by Crippen LogP contribution is -2.45. The number of likely N-dealkylation sites (N-methyl/N-ethyl adjacent to an activating group) is 1. The van der Waals surface area contributed by atoms with Gasteiger partial charge in [0.05, 0.1) is 25.9 Å². The average molecular weight is 291 g/mol. The molecule has 0 saturated carbocycles. The third kappa shape index (κ3) is 2.80. The van der Waals surface area contributed by atoms with Gasteiger partial charge in [-0.3, -0.25) is 4.90 Å². The quantitative estimate of drug-likeness (QED) is 0.785. The Morgan fingerprint density at radius 1 is 1.20 bits per heavy atom. The first-order chi connectivity index (χ1) is 9.75. The number of benzene rings is 1. The molecule has 4 nitrogen and oxygen atoms in total. The summed E-state index contributed by atoms with van der Waals surface area (Å²) in [6.07, 6.45) is 0. The van der Waals surface area contributed by atoms with Crippen LogP contribution in [-0.2, 0) is 4.74 Å². The van der Waals surface area contributed by atoms with Gasteiger partial charge in [0.15, 0.2) is 5.11 Å². The Bertz CT molecular complexity index is 461. The zero-order chi connectivity index (χ0) is 13.9. The predicted molar refractivity (Wildman–Crippen MR) is 83.5 cm³/mol. The summed E-state index contributed by atoms with van der Waals surface area (Å²) >= 11 is 5.60. The molecule has 20 heavy (non-hydrogen) atoms. The fourth-order valence-electron chi connectivity index (χ4n) is 2.87. The standard InChI is InChI=1S/C15H21N3OS/c1-16-14(13-5-3-2-4-6-13)11-18(15(16)20)12-17-7-9-19-10-8-17/h2-6,14H,7-12H2,1H3. The maximum Gasteiger partial charge on any atom is 0.173 e. The van der Waals surface area contributed by atoms with Gasteiger partial charge in [0.2, 0.25) is 0 Å². The molecule has 1 unspecified atom stereocenters. The van der Waals surface area contributed by atoms with Crippen LogP contribution in [0.3, 0.4) is 0 Å². The van der Waals surface area contributed by atoms with Crippen molar-refractivity contribution in [2.45, 2.75) is 6.04 Å². The van der Waals surface area contributed by atoms with Gasteiger partial charge < -0.3 is 14.5 Å². The number of rotatable bonds is 3. The highest BCUT2D eigenvalue weighted by Gasteiger charge is 2.33. The maximum absolute atomic E-state index is 5.60. The molecule has 1 aromatic carbocycles. The topological polar surface area (TPSA) is 19.0 Å². The van der Waals surface area contributed by atoms with Gasteiger partial charge in [-0.05, 0) is 17.8 Å². The van der Waals surface area contributed by atoms with Crippen molar-refractivity contribution < 1.29 is 4.74 Å². The molecule has 3 rings (SSSR count). The van der Waals surface area contributed by atoms with Crippen molar-refractivity contribution in [1.82, 2.24) is 14.7 Å². The summed E-state index contributed by atoms with van der Waals surface area (Å²) in [6.45, 7) is 5.54. The second kappa shape index (κ2) is 6.08. The Kier molecular flexibility index (Phi) is 4.19. The Morgan fingerprint density at radius 2 is 1.90 bits per heavy atom. The Labute approximate surface area is 125 Å². The van der Waals surface area contributed by atoms with Gasteiger partial charge in [0.1, 0.15) is 0 Å². The summed E-state index contributed by atoms with van der Waals surface area (Å²) in [4.78, 5) is 6.93. The third-order valence-corrected chi connectivity index (χ3v) is 4.64. The van der Waals surface area contributed by atoms with E-state index in [-0.39, 0.29) is 0 Å². The van der Waals surface area contributed by atoms with Crippen molar-refractivity contribution in [2.24, 2.45) is 0 Å². The Balaban J connectivity index is 1.67. The van der Waals surface area contributed by atoms with Crippen LogP contribution >= 0.6 is 12.2 Å². The molecule has 0 aliphatic carbocycles. The molecule has 0 spiro atoms. The van der Waals surface area contributed by atoms with E-state index in [4.69, 9.17) is 17.0 Å². The highest BCUT2D eigenvalue weighted by molar-refractivity contribution is 7.80. The van der Waals surface area contributed by atoms with Crippen molar-refractivity contribution in [1.29, 1.82) is 0 Å². The fraction of sp³-hybridized carbons (Fsp3) is 0.533. The Hall–Kier alpha value is -1.17. The summed E-state index contributed by atoms with van der Waals surface area (Å²) in [5.41, 5.74) is 1.34. The van der Waals surface area contributed by atoms with Crippen molar-refractivity contribution in [3.8, 4) is 0 Å². The molecule has 108 valence electrons. The third-order valence-electron chi connectivity index (χ3n) is 4.09. The molecule has 2 saturated heterocycles. The van der Waals surface area contributed by atoms with Crippen molar-refractivity contribution in [3.63, 3.8) is 0 Å². The van der Waals surface area contributed by atoms with Crippen molar-refractivity contribution >= 4 is 17.3 Å². The number of morpholine rings is 1. The van der Waals surface area contributed by atoms with Gasteiger partial charge in [-0.1, -0.05) is 30.3 Å². The van der Waals surface area contributed by atoms with E-state index < -0.39 is 0 Å². The number of hydrogen-bond donors (Lipinski definition) is 0. The van der Waals surface area contributed by atoms with E-state index in [1.807, 2.05) is 0 Å². The second-order valence-corrected chi connectivity index (χ2v) is 5.78. The molecule has 0 radical (unpaired) electrons. The molecule has 1 atom stereocenters. The minimum atomic E-state index is 0.366. The molecule has 1 aromatic rings. The molecule has 2 aliphatic rings. The molecule has 2 fully saturated rings. The van der Waals surface area contributed by atoms with Crippen LogP contribution in [0.4, 0.5) is 0 Å². The van der Waals surface area contributed by atoms with Gasteiger partial charge in [-0.2, -0.15) is 0 Å². The smallest absolute Gasteiger partial charge is 0.173 e. The highest BCUT2D eigenvalue weighted by atomic mass is 32.1. The van der Waals surface area contributed by atoms with Crippen LogP contribution in [-0.4, -0.2) is 66.4 Å². The van der Waals surface area contributed by atoms with Crippen molar-refractivity contribution in [2.75, 3.05) is 46.6 Å². The first-order valence-corrected chi connectivity index (χ1v) is 7.53. The van der Waals surface area contributed by atoms with E-state index in [9.17, 15) is 0 Å². The van der Waals surface area contributed by atoms with Crippen molar-refractivity contribution in [3.05, 3.63) is 35.9 Å². The summed E-state index contributed by atoms with van der Waals surface area (Å²) in [5.74, 6) is 0. The molecule has 2 aliphatic heterocycles. The number of hydrogen-bond acceptors (Lipinski definition) is 3. The summed E-state index contributed by atoms with van der Waals surface area (Å²) in [5, 5.41) is 0.949. The van der Waals surface area contributed by atoms with Gasteiger partial charge >= 0.3 is 0 Å². The molecular formula is C15H21N3OS. The lowest BCUT2D eigenvalue weighted by Gasteiger charge is -2.31. The predicted octanol–water partition coefficient (Wildman–Crippen LogP) is 1.55.